The first-order valence-electron chi connectivity index (χ1n) is 9.24. The Morgan fingerprint density at radius 1 is 1.00 bits per heavy atom. The van der Waals surface area contributed by atoms with Gasteiger partial charge in [-0.3, -0.25) is 9.10 Å². The third kappa shape index (κ3) is 5.56. The zero-order valence-electron chi connectivity index (χ0n) is 18.1. The van der Waals surface area contributed by atoms with Crippen molar-refractivity contribution in [3.8, 4) is 17.2 Å². The number of rotatable bonds is 9. The van der Waals surface area contributed by atoms with Crippen molar-refractivity contribution in [2.75, 3.05) is 38.4 Å². The van der Waals surface area contributed by atoms with E-state index in [1.54, 1.807) is 38.3 Å². The van der Waals surface area contributed by atoms with E-state index in [1.165, 1.54) is 14.2 Å². The molecule has 2 aromatic carbocycles. The number of benzene rings is 2. The molecule has 1 amide bonds. The molecule has 0 saturated heterocycles. The maximum atomic E-state index is 12.7. The van der Waals surface area contributed by atoms with Crippen LogP contribution in [-0.2, 0) is 14.8 Å². The first kappa shape index (κ1) is 23.3. The van der Waals surface area contributed by atoms with Crippen molar-refractivity contribution >= 4 is 21.6 Å². The summed E-state index contributed by atoms with van der Waals surface area (Å²) in [5.74, 6) is 1.03. The van der Waals surface area contributed by atoms with Gasteiger partial charge in [0.25, 0.3) is 0 Å². The van der Waals surface area contributed by atoms with Gasteiger partial charge in [-0.1, -0.05) is 12.1 Å². The standard InChI is InChI=1S/C21H28N2O6S/c1-14-7-9-18(27-3)17(11-14)23(30(6,25)26)13-21(24)22-15(2)16-8-10-19(28-4)20(12-16)29-5/h7-12,15H,13H2,1-6H3,(H,22,24)/t15-/m0/s1. The van der Waals surface area contributed by atoms with Crippen LogP contribution >= 0.6 is 0 Å². The average molecular weight is 437 g/mol. The highest BCUT2D eigenvalue weighted by atomic mass is 32.2. The minimum absolute atomic E-state index is 0.314. The summed E-state index contributed by atoms with van der Waals surface area (Å²) in [5, 5.41) is 2.83. The molecular formula is C21H28N2O6S. The Morgan fingerprint density at radius 2 is 1.60 bits per heavy atom. The van der Waals surface area contributed by atoms with Crippen LogP contribution in [0.5, 0.6) is 17.2 Å². The largest absolute Gasteiger partial charge is 0.495 e. The summed E-state index contributed by atoms with van der Waals surface area (Å²) < 4.78 is 41.7. The summed E-state index contributed by atoms with van der Waals surface area (Å²) in [6.07, 6.45) is 1.06. The van der Waals surface area contributed by atoms with Gasteiger partial charge in [0, 0.05) is 0 Å². The van der Waals surface area contributed by atoms with Gasteiger partial charge in [0.15, 0.2) is 11.5 Å². The molecule has 2 rings (SSSR count). The summed E-state index contributed by atoms with van der Waals surface area (Å²) >= 11 is 0. The van der Waals surface area contributed by atoms with Crippen molar-refractivity contribution in [2.45, 2.75) is 19.9 Å². The van der Waals surface area contributed by atoms with Gasteiger partial charge in [0.2, 0.25) is 15.9 Å². The third-order valence-electron chi connectivity index (χ3n) is 4.58. The van der Waals surface area contributed by atoms with Crippen molar-refractivity contribution < 1.29 is 27.4 Å². The zero-order valence-corrected chi connectivity index (χ0v) is 18.9. The fourth-order valence-corrected chi connectivity index (χ4v) is 3.85. The van der Waals surface area contributed by atoms with Gasteiger partial charge in [0.1, 0.15) is 12.3 Å². The first-order valence-corrected chi connectivity index (χ1v) is 11.1. The third-order valence-corrected chi connectivity index (χ3v) is 5.70. The molecule has 0 aromatic heterocycles. The molecule has 0 saturated carbocycles. The Morgan fingerprint density at radius 3 is 2.17 bits per heavy atom. The molecule has 0 spiro atoms. The summed E-state index contributed by atoms with van der Waals surface area (Å²) in [7, 11) is 0.801. The Labute approximate surface area is 177 Å². The van der Waals surface area contributed by atoms with Gasteiger partial charge in [0.05, 0.1) is 39.3 Å². The quantitative estimate of drug-likeness (QED) is 0.650. The lowest BCUT2D eigenvalue weighted by atomic mass is 10.1. The number of hydrogen-bond acceptors (Lipinski definition) is 6. The van der Waals surface area contributed by atoms with E-state index in [0.717, 1.165) is 21.7 Å². The normalized spacial score (nSPS) is 12.1. The van der Waals surface area contributed by atoms with Gasteiger partial charge < -0.3 is 19.5 Å². The monoisotopic (exact) mass is 436 g/mol. The number of methoxy groups -OCH3 is 3. The molecule has 0 aliphatic rings. The number of nitrogens with one attached hydrogen (secondary N) is 1. The lowest BCUT2D eigenvalue weighted by molar-refractivity contribution is -0.120. The van der Waals surface area contributed by atoms with Gasteiger partial charge in [-0.05, 0) is 49.2 Å². The number of aryl methyl sites for hydroxylation is 1. The molecular weight excluding hydrogens is 408 g/mol. The van der Waals surface area contributed by atoms with Crippen LogP contribution in [0.1, 0.15) is 24.1 Å². The Bertz CT molecular complexity index is 1010. The van der Waals surface area contributed by atoms with Crippen molar-refractivity contribution in [1.82, 2.24) is 5.32 Å². The van der Waals surface area contributed by atoms with Crippen LogP contribution < -0.4 is 23.8 Å². The van der Waals surface area contributed by atoms with E-state index in [4.69, 9.17) is 14.2 Å². The van der Waals surface area contributed by atoms with E-state index >= 15 is 0 Å². The van der Waals surface area contributed by atoms with E-state index in [2.05, 4.69) is 5.32 Å². The van der Waals surface area contributed by atoms with E-state index in [9.17, 15) is 13.2 Å². The molecule has 0 fully saturated rings. The summed E-state index contributed by atoms with van der Waals surface area (Å²) in [6, 6.07) is 10.1. The van der Waals surface area contributed by atoms with Gasteiger partial charge in [-0.2, -0.15) is 0 Å². The second kappa shape index (κ2) is 9.71. The van der Waals surface area contributed by atoms with Crippen molar-refractivity contribution in [1.29, 1.82) is 0 Å². The van der Waals surface area contributed by atoms with Crippen LogP contribution in [-0.4, -0.2) is 48.5 Å². The maximum Gasteiger partial charge on any atom is 0.241 e. The predicted octanol–water partition coefficient (Wildman–Crippen LogP) is 2.66. The zero-order chi connectivity index (χ0) is 22.5. The molecule has 0 heterocycles. The molecule has 0 aliphatic heterocycles. The molecule has 1 atom stereocenters. The lowest BCUT2D eigenvalue weighted by Gasteiger charge is -2.25. The number of amides is 1. The fourth-order valence-electron chi connectivity index (χ4n) is 3.00. The average Bonchev–Trinajstić information content (AvgIpc) is 2.70. The highest BCUT2D eigenvalue weighted by Crippen LogP contribution is 2.32. The number of carbonyl (C=O) groups excluding carboxylic acids is 1. The lowest BCUT2D eigenvalue weighted by Crippen LogP contribution is -2.41. The minimum Gasteiger partial charge on any atom is -0.495 e. The molecule has 0 radical (unpaired) electrons. The molecule has 30 heavy (non-hydrogen) atoms. The topological polar surface area (TPSA) is 94.2 Å². The first-order chi connectivity index (χ1) is 14.1. The number of ether oxygens (including phenoxy) is 3. The fraction of sp³-hybridized carbons (Fsp3) is 0.381. The predicted molar refractivity (Wildman–Crippen MR) is 116 cm³/mol. The minimum atomic E-state index is -3.73. The molecule has 0 unspecified atom stereocenters. The van der Waals surface area contributed by atoms with E-state index in [0.29, 0.717) is 22.9 Å². The second-order valence-corrected chi connectivity index (χ2v) is 8.76. The highest BCUT2D eigenvalue weighted by Gasteiger charge is 2.25. The van der Waals surface area contributed by atoms with E-state index < -0.39 is 15.9 Å². The smallest absolute Gasteiger partial charge is 0.241 e. The number of sulfonamides is 1. The molecule has 0 bridgehead atoms. The van der Waals surface area contributed by atoms with Crippen LogP contribution in [0.4, 0.5) is 5.69 Å². The molecule has 164 valence electrons. The number of hydrogen-bond donors (Lipinski definition) is 1. The summed E-state index contributed by atoms with van der Waals surface area (Å²) in [4.78, 5) is 12.7. The van der Waals surface area contributed by atoms with Crippen LogP contribution in [0.25, 0.3) is 0 Å². The Kier molecular flexibility index (Phi) is 7.55. The van der Waals surface area contributed by atoms with Gasteiger partial charge in [-0.15, -0.1) is 0 Å². The van der Waals surface area contributed by atoms with E-state index in [1.807, 2.05) is 19.1 Å². The van der Waals surface area contributed by atoms with Crippen molar-refractivity contribution in [2.24, 2.45) is 0 Å². The maximum absolute atomic E-state index is 12.7. The van der Waals surface area contributed by atoms with Crippen LogP contribution in [0.15, 0.2) is 36.4 Å². The molecule has 0 aliphatic carbocycles. The molecule has 8 nitrogen and oxygen atoms in total. The van der Waals surface area contributed by atoms with E-state index in [-0.39, 0.29) is 12.6 Å². The Balaban J connectivity index is 2.24. The highest BCUT2D eigenvalue weighted by molar-refractivity contribution is 7.92. The molecule has 1 N–H and O–H groups in total. The summed E-state index contributed by atoms with van der Waals surface area (Å²) in [5.41, 5.74) is 1.95. The van der Waals surface area contributed by atoms with Crippen molar-refractivity contribution in [3.63, 3.8) is 0 Å². The van der Waals surface area contributed by atoms with Crippen LogP contribution in [0.2, 0.25) is 0 Å². The van der Waals surface area contributed by atoms with Gasteiger partial charge in [-0.25, -0.2) is 8.42 Å². The molecule has 9 heteroatoms. The summed E-state index contributed by atoms with van der Waals surface area (Å²) in [6.45, 7) is 3.26. The number of carbonyl (C=O) groups is 1. The molecule has 2 aromatic rings. The van der Waals surface area contributed by atoms with Crippen LogP contribution in [0.3, 0.4) is 0 Å². The Hall–Kier alpha value is -2.94. The number of anilines is 1. The number of nitrogens with zero attached hydrogens (tertiary/aromatic N) is 1. The SMILES string of the molecule is COc1ccc([C@H](C)NC(=O)CN(c2cc(C)ccc2OC)S(C)(=O)=O)cc1OC. The van der Waals surface area contributed by atoms with Crippen LogP contribution in [0, 0.1) is 6.92 Å². The second-order valence-electron chi connectivity index (χ2n) is 6.85. The van der Waals surface area contributed by atoms with Gasteiger partial charge >= 0.3 is 0 Å². The van der Waals surface area contributed by atoms with Crippen molar-refractivity contribution in [3.05, 3.63) is 47.5 Å².